The molecule has 0 radical (unpaired) electrons. The first-order valence-corrected chi connectivity index (χ1v) is 7.97. The van der Waals surface area contributed by atoms with Crippen LogP contribution in [0, 0.1) is 5.92 Å². The zero-order chi connectivity index (χ0) is 13.1. The molecule has 4 heteroatoms. The normalized spacial score (nSPS) is 25.8. The van der Waals surface area contributed by atoms with Gasteiger partial charge in [-0.15, -0.1) is 11.3 Å². The van der Waals surface area contributed by atoms with Crippen molar-refractivity contribution < 1.29 is 0 Å². The zero-order valence-electron chi connectivity index (χ0n) is 11.4. The van der Waals surface area contributed by atoms with E-state index < -0.39 is 0 Å². The molecule has 1 fully saturated rings. The SMILES string of the molecule is CC(C)C1CN(CCc2ccc(Cl)s2)C(C)CN1. The number of piperazine rings is 1. The third-order valence-corrected chi connectivity index (χ3v) is 5.10. The fourth-order valence-electron chi connectivity index (χ4n) is 2.45. The van der Waals surface area contributed by atoms with Crippen LogP contribution in [-0.2, 0) is 6.42 Å². The summed E-state index contributed by atoms with van der Waals surface area (Å²) in [4.78, 5) is 4.00. The second kappa shape index (κ2) is 6.38. The topological polar surface area (TPSA) is 15.3 Å². The maximum absolute atomic E-state index is 5.97. The Morgan fingerprint density at radius 2 is 2.28 bits per heavy atom. The Morgan fingerprint density at radius 3 is 2.89 bits per heavy atom. The molecule has 2 unspecified atom stereocenters. The molecular formula is C14H23ClN2S. The lowest BCUT2D eigenvalue weighted by Crippen LogP contribution is -2.57. The number of nitrogens with one attached hydrogen (secondary N) is 1. The van der Waals surface area contributed by atoms with Crippen LogP contribution in [0.3, 0.4) is 0 Å². The van der Waals surface area contributed by atoms with Crippen LogP contribution in [-0.4, -0.2) is 36.6 Å². The van der Waals surface area contributed by atoms with Gasteiger partial charge in [-0.3, -0.25) is 4.90 Å². The summed E-state index contributed by atoms with van der Waals surface area (Å²) in [7, 11) is 0. The van der Waals surface area contributed by atoms with Crippen molar-refractivity contribution in [3.05, 3.63) is 21.3 Å². The lowest BCUT2D eigenvalue weighted by molar-refractivity contribution is 0.125. The summed E-state index contributed by atoms with van der Waals surface area (Å²) in [6.07, 6.45) is 1.12. The van der Waals surface area contributed by atoms with E-state index in [1.165, 1.54) is 4.88 Å². The van der Waals surface area contributed by atoms with Crippen LogP contribution in [0.25, 0.3) is 0 Å². The minimum atomic E-state index is 0.633. The summed E-state index contributed by atoms with van der Waals surface area (Å²) in [5.41, 5.74) is 0. The van der Waals surface area contributed by atoms with Gasteiger partial charge < -0.3 is 5.32 Å². The summed E-state index contributed by atoms with van der Waals surface area (Å²) in [5.74, 6) is 0.705. The highest BCUT2D eigenvalue weighted by atomic mass is 35.5. The Bertz CT molecular complexity index is 378. The van der Waals surface area contributed by atoms with E-state index in [1.54, 1.807) is 11.3 Å². The summed E-state index contributed by atoms with van der Waals surface area (Å²) >= 11 is 7.68. The van der Waals surface area contributed by atoms with Gasteiger partial charge in [0.05, 0.1) is 4.34 Å². The van der Waals surface area contributed by atoms with Gasteiger partial charge >= 0.3 is 0 Å². The highest BCUT2D eigenvalue weighted by Gasteiger charge is 2.26. The molecule has 0 saturated carbocycles. The molecule has 0 amide bonds. The zero-order valence-corrected chi connectivity index (χ0v) is 13.0. The van der Waals surface area contributed by atoms with Crippen molar-refractivity contribution in [2.75, 3.05) is 19.6 Å². The monoisotopic (exact) mass is 286 g/mol. The van der Waals surface area contributed by atoms with Crippen LogP contribution in [0.15, 0.2) is 12.1 Å². The maximum Gasteiger partial charge on any atom is 0.0931 e. The molecular weight excluding hydrogens is 264 g/mol. The molecule has 0 aliphatic carbocycles. The van der Waals surface area contributed by atoms with Gasteiger partial charge in [0.1, 0.15) is 0 Å². The summed E-state index contributed by atoms with van der Waals surface area (Å²) < 4.78 is 0.901. The third kappa shape index (κ3) is 3.70. The van der Waals surface area contributed by atoms with Crippen molar-refractivity contribution in [3.63, 3.8) is 0 Å². The predicted octanol–water partition coefficient (Wildman–Crippen LogP) is 3.26. The van der Waals surface area contributed by atoms with Crippen molar-refractivity contribution in [3.8, 4) is 0 Å². The first kappa shape index (κ1) is 14.3. The quantitative estimate of drug-likeness (QED) is 0.914. The van der Waals surface area contributed by atoms with Crippen LogP contribution < -0.4 is 5.32 Å². The van der Waals surface area contributed by atoms with E-state index in [0.29, 0.717) is 18.0 Å². The molecule has 18 heavy (non-hydrogen) atoms. The molecule has 1 aliphatic rings. The van der Waals surface area contributed by atoms with Crippen LogP contribution in [0.4, 0.5) is 0 Å². The standard InChI is InChI=1S/C14H23ClN2S/c1-10(2)13-9-17(11(3)8-16-13)7-6-12-4-5-14(15)18-12/h4-5,10-11,13,16H,6-9H2,1-3H3. The molecule has 1 saturated heterocycles. The highest BCUT2D eigenvalue weighted by molar-refractivity contribution is 7.16. The van der Waals surface area contributed by atoms with Crippen LogP contribution >= 0.6 is 22.9 Å². The van der Waals surface area contributed by atoms with Gasteiger partial charge in [0.2, 0.25) is 0 Å². The van der Waals surface area contributed by atoms with Gasteiger partial charge in [-0.25, -0.2) is 0 Å². The Balaban J connectivity index is 1.86. The van der Waals surface area contributed by atoms with E-state index in [1.807, 2.05) is 6.07 Å². The smallest absolute Gasteiger partial charge is 0.0931 e. The lowest BCUT2D eigenvalue weighted by Gasteiger charge is -2.40. The van der Waals surface area contributed by atoms with Gasteiger partial charge in [0.25, 0.3) is 0 Å². The van der Waals surface area contributed by atoms with Crippen LogP contribution in [0.5, 0.6) is 0 Å². The summed E-state index contributed by atoms with van der Waals surface area (Å²) in [6.45, 7) is 10.3. The molecule has 1 N–H and O–H groups in total. The molecule has 0 spiro atoms. The minimum Gasteiger partial charge on any atom is -0.311 e. The van der Waals surface area contributed by atoms with Crippen LogP contribution in [0.1, 0.15) is 25.6 Å². The Kier molecular flexibility index (Phi) is 5.07. The second-order valence-corrected chi connectivity index (χ2v) is 7.36. The molecule has 1 aromatic heterocycles. The molecule has 2 nitrogen and oxygen atoms in total. The summed E-state index contributed by atoms with van der Waals surface area (Å²) in [6, 6.07) is 5.42. The van der Waals surface area contributed by atoms with Crippen molar-refractivity contribution in [2.24, 2.45) is 5.92 Å². The molecule has 0 aromatic carbocycles. The predicted molar refractivity (Wildman–Crippen MR) is 80.7 cm³/mol. The second-order valence-electron chi connectivity index (χ2n) is 5.56. The van der Waals surface area contributed by atoms with E-state index in [4.69, 9.17) is 11.6 Å². The highest BCUT2D eigenvalue weighted by Crippen LogP contribution is 2.22. The minimum absolute atomic E-state index is 0.633. The number of hydrogen-bond donors (Lipinski definition) is 1. The molecule has 1 aliphatic heterocycles. The Hall–Kier alpha value is -0.0900. The number of rotatable bonds is 4. The van der Waals surface area contributed by atoms with E-state index in [2.05, 4.69) is 37.1 Å². The van der Waals surface area contributed by atoms with Crippen molar-refractivity contribution in [2.45, 2.75) is 39.3 Å². The Morgan fingerprint density at radius 1 is 1.50 bits per heavy atom. The number of hydrogen-bond acceptors (Lipinski definition) is 3. The van der Waals surface area contributed by atoms with Gasteiger partial charge in [-0.2, -0.15) is 0 Å². The van der Waals surface area contributed by atoms with Gasteiger partial charge in [-0.1, -0.05) is 25.4 Å². The van der Waals surface area contributed by atoms with E-state index >= 15 is 0 Å². The fourth-order valence-corrected chi connectivity index (χ4v) is 3.52. The van der Waals surface area contributed by atoms with Crippen molar-refractivity contribution in [1.82, 2.24) is 10.2 Å². The van der Waals surface area contributed by atoms with Gasteiger partial charge in [0.15, 0.2) is 0 Å². The maximum atomic E-state index is 5.97. The third-order valence-electron chi connectivity index (χ3n) is 3.81. The lowest BCUT2D eigenvalue weighted by atomic mass is 9.99. The van der Waals surface area contributed by atoms with Gasteiger partial charge in [-0.05, 0) is 31.4 Å². The average molecular weight is 287 g/mol. The van der Waals surface area contributed by atoms with Crippen LogP contribution in [0.2, 0.25) is 4.34 Å². The van der Waals surface area contributed by atoms with Crippen molar-refractivity contribution >= 4 is 22.9 Å². The number of nitrogens with zero attached hydrogens (tertiary/aromatic N) is 1. The van der Waals surface area contributed by atoms with E-state index in [-0.39, 0.29) is 0 Å². The van der Waals surface area contributed by atoms with E-state index in [9.17, 15) is 0 Å². The number of thiophene rings is 1. The molecule has 2 heterocycles. The molecule has 0 bridgehead atoms. The largest absolute Gasteiger partial charge is 0.311 e. The van der Waals surface area contributed by atoms with E-state index in [0.717, 1.165) is 30.4 Å². The average Bonchev–Trinajstić information content (AvgIpc) is 2.74. The molecule has 2 atom stereocenters. The van der Waals surface area contributed by atoms with Crippen molar-refractivity contribution in [1.29, 1.82) is 0 Å². The number of halogens is 1. The molecule has 2 rings (SSSR count). The molecule has 102 valence electrons. The molecule has 1 aromatic rings. The first-order valence-electron chi connectivity index (χ1n) is 6.78. The Labute approximate surface area is 119 Å². The first-order chi connectivity index (χ1) is 8.56. The summed E-state index contributed by atoms with van der Waals surface area (Å²) in [5, 5.41) is 3.64. The van der Waals surface area contributed by atoms with Gasteiger partial charge in [0, 0.05) is 36.6 Å². The fraction of sp³-hybridized carbons (Fsp3) is 0.714.